The van der Waals surface area contributed by atoms with Crippen molar-refractivity contribution in [2.24, 2.45) is 0 Å². The van der Waals surface area contributed by atoms with Gasteiger partial charge >= 0.3 is 0 Å². The van der Waals surface area contributed by atoms with Gasteiger partial charge in [-0.3, -0.25) is 4.79 Å². The zero-order chi connectivity index (χ0) is 12.1. The molecule has 5 heteroatoms. The minimum atomic E-state index is -0.178. The quantitative estimate of drug-likeness (QED) is 0.874. The van der Waals surface area contributed by atoms with Gasteiger partial charge in [-0.1, -0.05) is 23.2 Å². The molecule has 1 rings (SSSR count). The zero-order valence-electron chi connectivity index (χ0n) is 9.23. The molecule has 0 bridgehead atoms. The highest BCUT2D eigenvalue weighted by Crippen LogP contribution is 2.30. The molecule has 2 N–H and O–H groups in total. The number of carbonyl (C=O) groups excluding carboxylic acids is 1. The van der Waals surface area contributed by atoms with Gasteiger partial charge in [-0.25, -0.2) is 0 Å². The van der Waals surface area contributed by atoms with Crippen LogP contribution >= 0.6 is 23.2 Å². The fraction of sp³-hybridized carbons (Fsp3) is 0.364. The molecule has 88 valence electrons. The van der Waals surface area contributed by atoms with E-state index in [1.807, 2.05) is 13.8 Å². The van der Waals surface area contributed by atoms with E-state index in [0.29, 0.717) is 34.4 Å². The molecule has 0 aliphatic rings. The van der Waals surface area contributed by atoms with Crippen LogP contribution in [0.15, 0.2) is 12.1 Å². The Morgan fingerprint density at radius 2 is 1.94 bits per heavy atom. The van der Waals surface area contributed by atoms with Gasteiger partial charge in [0.25, 0.3) is 5.91 Å². The Balaban J connectivity index is 3.17. The monoisotopic (exact) mass is 260 g/mol. The van der Waals surface area contributed by atoms with Crippen LogP contribution in [-0.2, 0) is 0 Å². The highest BCUT2D eigenvalue weighted by molar-refractivity contribution is 6.37. The predicted molar refractivity (Wildman–Crippen MR) is 68.6 cm³/mol. The van der Waals surface area contributed by atoms with Gasteiger partial charge in [-0.15, -0.1) is 0 Å². The zero-order valence-corrected chi connectivity index (χ0v) is 10.7. The van der Waals surface area contributed by atoms with Crippen molar-refractivity contribution in [1.82, 2.24) is 5.32 Å². The molecule has 0 unspecified atom stereocenters. The number of anilines is 1. The summed E-state index contributed by atoms with van der Waals surface area (Å²) < 4.78 is 0. The first kappa shape index (κ1) is 13.1. The number of hydrogen-bond donors (Lipinski definition) is 2. The second-order valence-electron chi connectivity index (χ2n) is 3.20. The third kappa shape index (κ3) is 3.03. The Morgan fingerprint density at radius 3 is 2.50 bits per heavy atom. The second-order valence-corrected chi connectivity index (χ2v) is 4.04. The van der Waals surface area contributed by atoms with Gasteiger partial charge < -0.3 is 10.6 Å². The molecule has 0 fully saturated rings. The van der Waals surface area contributed by atoms with E-state index in [4.69, 9.17) is 23.2 Å². The fourth-order valence-corrected chi connectivity index (χ4v) is 1.93. The Bertz CT molecular complexity index is 394. The van der Waals surface area contributed by atoms with Crippen molar-refractivity contribution in [3.63, 3.8) is 0 Å². The van der Waals surface area contributed by atoms with E-state index in [1.165, 1.54) is 0 Å². The normalized spacial score (nSPS) is 10.0. The Labute approximate surface area is 105 Å². The molecule has 3 nitrogen and oxygen atoms in total. The fourth-order valence-electron chi connectivity index (χ4n) is 1.36. The van der Waals surface area contributed by atoms with E-state index >= 15 is 0 Å². The van der Waals surface area contributed by atoms with Crippen molar-refractivity contribution in [3.8, 4) is 0 Å². The van der Waals surface area contributed by atoms with Crippen LogP contribution in [0.4, 0.5) is 5.69 Å². The van der Waals surface area contributed by atoms with Crippen LogP contribution in [-0.4, -0.2) is 19.0 Å². The summed E-state index contributed by atoms with van der Waals surface area (Å²) in [6, 6.07) is 3.22. The van der Waals surface area contributed by atoms with Crippen molar-refractivity contribution in [2.45, 2.75) is 13.8 Å². The van der Waals surface area contributed by atoms with E-state index in [9.17, 15) is 4.79 Å². The summed E-state index contributed by atoms with van der Waals surface area (Å²) in [5.74, 6) is -0.178. The maximum atomic E-state index is 11.8. The lowest BCUT2D eigenvalue weighted by molar-refractivity contribution is 0.0956. The lowest BCUT2D eigenvalue weighted by Crippen LogP contribution is -2.24. The second kappa shape index (κ2) is 5.97. The molecule has 0 aromatic heterocycles. The summed E-state index contributed by atoms with van der Waals surface area (Å²) in [7, 11) is 0. The van der Waals surface area contributed by atoms with Gasteiger partial charge in [0, 0.05) is 18.1 Å². The lowest BCUT2D eigenvalue weighted by Gasteiger charge is -2.12. The third-order valence-electron chi connectivity index (χ3n) is 1.99. The van der Waals surface area contributed by atoms with Crippen molar-refractivity contribution in [2.75, 3.05) is 18.4 Å². The summed E-state index contributed by atoms with van der Waals surface area (Å²) in [5, 5.41) is 6.68. The number of nitrogens with one attached hydrogen (secondary N) is 2. The van der Waals surface area contributed by atoms with Crippen LogP contribution < -0.4 is 10.6 Å². The molecule has 0 aliphatic carbocycles. The average Bonchev–Trinajstić information content (AvgIpc) is 2.22. The van der Waals surface area contributed by atoms with Crippen LogP contribution in [0, 0.1) is 0 Å². The predicted octanol–water partition coefficient (Wildman–Crippen LogP) is 3.17. The van der Waals surface area contributed by atoms with E-state index < -0.39 is 0 Å². The van der Waals surface area contributed by atoms with Crippen LogP contribution in [0.5, 0.6) is 0 Å². The third-order valence-corrected chi connectivity index (χ3v) is 2.51. The van der Waals surface area contributed by atoms with Crippen molar-refractivity contribution in [3.05, 3.63) is 27.7 Å². The van der Waals surface area contributed by atoms with Gasteiger partial charge in [0.05, 0.1) is 16.3 Å². The Morgan fingerprint density at radius 1 is 1.25 bits per heavy atom. The molecule has 0 radical (unpaired) electrons. The number of carbonyl (C=O) groups is 1. The maximum Gasteiger partial charge on any atom is 0.253 e. The highest BCUT2D eigenvalue weighted by atomic mass is 35.5. The minimum absolute atomic E-state index is 0.178. The first-order valence-corrected chi connectivity index (χ1v) is 5.86. The summed E-state index contributed by atoms with van der Waals surface area (Å²) in [6.45, 7) is 5.05. The summed E-state index contributed by atoms with van der Waals surface area (Å²) in [4.78, 5) is 11.8. The van der Waals surface area contributed by atoms with Crippen LogP contribution in [0.2, 0.25) is 10.0 Å². The van der Waals surface area contributed by atoms with Gasteiger partial charge in [0.15, 0.2) is 0 Å². The smallest absolute Gasteiger partial charge is 0.253 e. The molecule has 0 aliphatic heterocycles. The molecule has 16 heavy (non-hydrogen) atoms. The Kier molecular flexibility index (Phi) is 4.90. The number of rotatable bonds is 4. The minimum Gasteiger partial charge on any atom is -0.383 e. The molecular formula is C11H14Cl2N2O. The molecule has 1 aromatic carbocycles. The lowest BCUT2D eigenvalue weighted by atomic mass is 10.1. The molecular weight excluding hydrogens is 247 g/mol. The van der Waals surface area contributed by atoms with Gasteiger partial charge in [-0.05, 0) is 26.0 Å². The largest absolute Gasteiger partial charge is 0.383 e. The standard InChI is InChI=1S/C11H14Cl2N2O/c1-3-14-10-8(11(16)15-4-2)5-7(12)6-9(10)13/h5-6,14H,3-4H2,1-2H3,(H,15,16). The van der Waals surface area contributed by atoms with Crippen molar-refractivity contribution < 1.29 is 4.79 Å². The molecule has 0 saturated heterocycles. The number of benzene rings is 1. The molecule has 0 atom stereocenters. The molecule has 1 aromatic rings. The van der Waals surface area contributed by atoms with Crippen molar-refractivity contribution in [1.29, 1.82) is 0 Å². The number of hydrogen-bond acceptors (Lipinski definition) is 2. The van der Waals surface area contributed by atoms with E-state index in [0.717, 1.165) is 0 Å². The first-order chi connectivity index (χ1) is 7.60. The highest BCUT2D eigenvalue weighted by Gasteiger charge is 2.14. The molecule has 0 saturated carbocycles. The topological polar surface area (TPSA) is 41.1 Å². The molecule has 1 amide bonds. The van der Waals surface area contributed by atoms with Gasteiger partial charge in [0.2, 0.25) is 0 Å². The van der Waals surface area contributed by atoms with Crippen LogP contribution in [0.3, 0.4) is 0 Å². The summed E-state index contributed by atoms with van der Waals surface area (Å²) in [6.07, 6.45) is 0. The molecule has 0 spiro atoms. The van der Waals surface area contributed by atoms with E-state index in [-0.39, 0.29) is 5.91 Å². The van der Waals surface area contributed by atoms with Gasteiger partial charge in [0.1, 0.15) is 0 Å². The van der Waals surface area contributed by atoms with Crippen molar-refractivity contribution >= 4 is 34.8 Å². The first-order valence-electron chi connectivity index (χ1n) is 5.11. The molecule has 0 heterocycles. The van der Waals surface area contributed by atoms with E-state index in [1.54, 1.807) is 12.1 Å². The number of amides is 1. The number of halogens is 2. The van der Waals surface area contributed by atoms with Crippen LogP contribution in [0.25, 0.3) is 0 Å². The average molecular weight is 261 g/mol. The van der Waals surface area contributed by atoms with Crippen LogP contribution in [0.1, 0.15) is 24.2 Å². The van der Waals surface area contributed by atoms with E-state index in [2.05, 4.69) is 10.6 Å². The van der Waals surface area contributed by atoms with Gasteiger partial charge in [-0.2, -0.15) is 0 Å². The summed E-state index contributed by atoms with van der Waals surface area (Å²) in [5.41, 5.74) is 1.10. The summed E-state index contributed by atoms with van der Waals surface area (Å²) >= 11 is 11.9. The SMILES string of the molecule is CCNC(=O)c1cc(Cl)cc(Cl)c1NCC. The maximum absolute atomic E-state index is 11.8. The Hall–Kier alpha value is -0.930.